The van der Waals surface area contributed by atoms with Crippen LogP contribution in [0.2, 0.25) is 0 Å². The summed E-state index contributed by atoms with van der Waals surface area (Å²) >= 11 is 4.04. The normalized spacial score (nSPS) is 23.8. The lowest BCUT2D eigenvalue weighted by atomic mass is 9.87. The highest BCUT2D eigenvalue weighted by atomic mass is 32.1. The highest BCUT2D eigenvalue weighted by molar-refractivity contribution is 7.80. The molecule has 2 nitrogen and oxygen atoms in total. The van der Waals surface area contributed by atoms with E-state index >= 15 is 0 Å². The summed E-state index contributed by atoms with van der Waals surface area (Å²) in [6, 6.07) is 0. The van der Waals surface area contributed by atoms with E-state index in [-0.39, 0.29) is 0 Å². The largest absolute Gasteiger partial charge is 0.481 e. The molecule has 10 heavy (non-hydrogen) atoms. The zero-order valence-corrected chi connectivity index (χ0v) is 6.90. The maximum atomic E-state index is 10.7. The van der Waals surface area contributed by atoms with E-state index in [1.807, 2.05) is 0 Å². The molecule has 3 heteroatoms. The van der Waals surface area contributed by atoms with E-state index in [0.29, 0.717) is 11.7 Å². The summed E-state index contributed by atoms with van der Waals surface area (Å²) in [5.41, 5.74) is -0.566. The van der Waals surface area contributed by atoms with Crippen LogP contribution in [0.3, 0.4) is 0 Å². The standard InChI is InChI=1S/C7H12O2S/c1-7(4-10,6(8)9)5-2-3-5/h5,10H,2-4H2,1H3,(H,8,9). The monoisotopic (exact) mass is 160 g/mol. The molecule has 0 saturated heterocycles. The van der Waals surface area contributed by atoms with Crippen LogP contribution in [-0.4, -0.2) is 16.8 Å². The highest BCUT2D eigenvalue weighted by Gasteiger charge is 2.46. The van der Waals surface area contributed by atoms with E-state index in [1.54, 1.807) is 6.92 Å². The number of carboxylic acid groups (broad SMARTS) is 1. The fourth-order valence-corrected chi connectivity index (χ4v) is 1.49. The molecule has 1 atom stereocenters. The van der Waals surface area contributed by atoms with Gasteiger partial charge in [0.25, 0.3) is 0 Å². The fourth-order valence-electron chi connectivity index (χ4n) is 1.09. The number of hydrogen-bond donors (Lipinski definition) is 2. The molecule has 1 rings (SSSR count). The highest BCUT2D eigenvalue weighted by Crippen LogP contribution is 2.46. The molecule has 0 bridgehead atoms. The predicted molar refractivity (Wildman–Crippen MR) is 42.3 cm³/mol. The molecular formula is C7H12O2S. The first-order chi connectivity index (χ1) is 4.61. The van der Waals surface area contributed by atoms with Crippen LogP contribution >= 0.6 is 12.6 Å². The Hall–Kier alpha value is -0.180. The van der Waals surface area contributed by atoms with Gasteiger partial charge in [-0.05, 0) is 25.7 Å². The number of hydrogen-bond acceptors (Lipinski definition) is 2. The van der Waals surface area contributed by atoms with Gasteiger partial charge in [-0.2, -0.15) is 12.6 Å². The summed E-state index contributed by atoms with van der Waals surface area (Å²) < 4.78 is 0. The average Bonchev–Trinajstić information content (AvgIpc) is 2.67. The van der Waals surface area contributed by atoms with Crippen molar-refractivity contribution < 1.29 is 9.90 Å². The van der Waals surface area contributed by atoms with Gasteiger partial charge in [-0.3, -0.25) is 4.79 Å². The second-order valence-corrected chi connectivity index (χ2v) is 3.47. The number of carbonyl (C=O) groups is 1. The van der Waals surface area contributed by atoms with Crippen molar-refractivity contribution in [3.8, 4) is 0 Å². The summed E-state index contributed by atoms with van der Waals surface area (Å²) in [5.74, 6) is 0.125. The third-order valence-corrected chi connectivity index (χ3v) is 2.95. The van der Waals surface area contributed by atoms with Gasteiger partial charge in [0.2, 0.25) is 0 Å². The molecule has 1 aliphatic carbocycles. The van der Waals surface area contributed by atoms with Crippen LogP contribution in [0.4, 0.5) is 0 Å². The SMILES string of the molecule is CC(CS)(C(=O)O)C1CC1. The van der Waals surface area contributed by atoms with Crippen LogP contribution in [0.5, 0.6) is 0 Å². The van der Waals surface area contributed by atoms with Crippen molar-refractivity contribution in [1.29, 1.82) is 0 Å². The molecule has 0 aromatic rings. The lowest BCUT2D eigenvalue weighted by molar-refractivity contribution is -0.147. The first-order valence-corrected chi connectivity index (χ1v) is 4.09. The molecule has 0 amide bonds. The molecular weight excluding hydrogens is 148 g/mol. The van der Waals surface area contributed by atoms with Crippen molar-refractivity contribution in [2.75, 3.05) is 5.75 Å². The summed E-state index contributed by atoms with van der Waals surface area (Å²) in [6.45, 7) is 1.78. The molecule has 0 radical (unpaired) electrons. The summed E-state index contributed by atoms with van der Waals surface area (Å²) in [7, 11) is 0. The number of carboxylic acids is 1. The maximum Gasteiger partial charge on any atom is 0.310 e. The zero-order valence-electron chi connectivity index (χ0n) is 6.00. The summed E-state index contributed by atoms with van der Waals surface area (Å²) in [4.78, 5) is 10.7. The van der Waals surface area contributed by atoms with Crippen molar-refractivity contribution in [2.45, 2.75) is 19.8 Å². The smallest absolute Gasteiger partial charge is 0.310 e. The minimum Gasteiger partial charge on any atom is -0.481 e. The zero-order chi connectivity index (χ0) is 7.78. The lowest BCUT2D eigenvalue weighted by Gasteiger charge is -2.21. The van der Waals surface area contributed by atoms with Gasteiger partial charge in [0.15, 0.2) is 0 Å². The maximum absolute atomic E-state index is 10.7. The Kier molecular flexibility index (Phi) is 1.95. The molecule has 0 aromatic heterocycles. The van der Waals surface area contributed by atoms with E-state index in [2.05, 4.69) is 12.6 Å². The topological polar surface area (TPSA) is 37.3 Å². The molecule has 1 N–H and O–H groups in total. The van der Waals surface area contributed by atoms with Crippen LogP contribution < -0.4 is 0 Å². The van der Waals surface area contributed by atoms with Crippen LogP contribution in [0.25, 0.3) is 0 Å². The van der Waals surface area contributed by atoms with Gasteiger partial charge >= 0.3 is 5.97 Å². The Morgan fingerprint density at radius 3 is 2.40 bits per heavy atom. The van der Waals surface area contributed by atoms with E-state index in [0.717, 1.165) is 12.8 Å². The van der Waals surface area contributed by atoms with Gasteiger partial charge in [0, 0.05) is 5.75 Å². The van der Waals surface area contributed by atoms with Gasteiger partial charge in [0.1, 0.15) is 0 Å². The number of aliphatic carboxylic acids is 1. The minimum absolute atomic E-state index is 0.377. The predicted octanol–water partition coefficient (Wildman–Crippen LogP) is 1.42. The second kappa shape index (κ2) is 2.46. The van der Waals surface area contributed by atoms with E-state index in [4.69, 9.17) is 5.11 Å². The first kappa shape index (κ1) is 7.92. The van der Waals surface area contributed by atoms with Crippen LogP contribution in [0, 0.1) is 11.3 Å². The van der Waals surface area contributed by atoms with E-state index in [1.165, 1.54) is 0 Å². The van der Waals surface area contributed by atoms with Crippen LogP contribution in [0.1, 0.15) is 19.8 Å². The molecule has 0 spiro atoms. The van der Waals surface area contributed by atoms with Crippen molar-refractivity contribution in [3.63, 3.8) is 0 Å². The average molecular weight is 160 g/mol. The van der Waals surface area contributed by atoms with Gasteiger partial charge in [-0.15, -0.1) is 0 Å². The van der Waals surface area contributed by atoms with Gasteiger partial charge in [-0.25, -0.2) is 0 Å². The Bertz CT molecular complexity index is 154. The van der Waals surface area contributed by atoms with Crippen molar-refractivity contribution in [3.05, 3.63) is 0 Å². The van der Waals surface area contributed by atoms with Crippen LogP contribution in [-0.2, 0) is 4.79 Å². The quantitative estimate of drug-likeness (QED) is 0.613. The molecule has 0 aliphatic heterocycles. The Morgan fingerprint density at radius 2 is 2.30 bits per heavy atom. The van der Waals surface area contributed by atoms with Gasteiger partial charge in [0.05, 0.1) is 5.41 Å². The molecule has 1 saturated carbocycles. The summed E-state index contributed by atoms with van der Waals surface area (Å²) in [6.07, 6.45) is 2.12. The fraction of sp³-hybridized carbons (Fsp3) is 0.857. The third kappa shape index (κ3) is 1.15. The van der Waals surface area contributed by atoms with Gasteiger partial charge in [-0.1, -0.05) is 0 Å². The third-order valence-electron chi connectivity index (χ3n) is 2.30. The second-order valence-electron chi connectivity index (χ2n) is 3.16. The Labute approximate surface area is 66.0 Å². The van der Waals surface area contributed by atoms with Gasteiger partial charge < -0.3 is 5.11 Å². The molecule has 1 fully saturated rings. The van der Waals surface area contributed by atoms with E-state index in [9.17, 15) is 4.79 Å². The van der Waals surface area contributed by atoms with Crippen molar-refractivity contribution in [1.82, 2.24) is 0 Å². The molecule has 0 heterocycles. The van der Waals surface area contributed by atoms with Crippen LogP contribution in [0.15, 0.2) is 0 Å². The lowest BCUT2D eigenvalue weighted by Crippen LogP contribution is -2.31. The number of thiol groups is 1. The molecule has 0 aromatic carbocycles. The van der Waals surface area contributed by atoms with Crippen molar-refractivity contribution >= 4 is 18.6 Å². The Balaban J connectivity index is 2.65. The van der Waals surface area contributed by atoms with E-state index < -0.39 is 11.4 Å². The number of rotatable bonds is 3. The first-order valence-electron chi connectivity index (χ1n) is 3.45. The molecule has 1 unspecified atom stereocenters. The molecule has 58 valence electrons. The Morgan fingerprint density at radius 1 is 1.80 bits per heavy atom. The van der Waals surface area contributed by atoms with Crippen molar-refractivity contribution in [2.24, 2.45) is 11.3 Å². The summed E-state index contributed by atoms with van der Waals surface area (Å²) in [5, 5.41) is 8.79. The minimum atomic E-state index is -0.704. The molecule has 1 aliphatic rings.